The van der Waals surface area contributed by atoms with Gasteiger partial charge in [0.15, 0.2) is 0 Å². The van der Waals surface area contributed by atoms with Crippen LogP contribution in [-0.2, 0) is 0 Å². The predicted octanol–water partition coefficient (Wildman–Crippen LogP) is 3.20. The lowest BCUT2D eigenvalue weighted by atomic mass is 9.77. The molecule has 1 heterocycles. The lowest BCUT2D eigenvalue weighted by molar-refractivity contribution is 0.185. The van der Waals surface area contributed by atoms with Crippen LogP contribution in [0.4, 0.5) is 0 Å². The quantitative estimate of drug-likeness (QED) is 0.708. The summed E-state index contributed by atoms with van der Waals surface area (Å²) in [7, 11) is 0. The van der Waals surface area contributed by atoms with Crippen molar-refractivity contribution in [2.45, 2.75) is 65.5 Å². The molecule has 0 aromatic carbocycles. The molecule has 0 spiro atoms. The first-order chi connectivity index (χ1) is 6.17. The van der Waals surface area contributed by atoms with Crippen molar-refractivity contribution < 1.29 is 0 Å². The molecule has 1 heteroatoms. The first kappa shape index (κ1) is 11.0. The summed E-state index contributed by atoms with van der Waals surface area (Å²) in [5, 5.41) is 3.61. The maximum atomic E-state index is 3.61. The molecule has 13 heavy (non-hydrogen) atoms. The Morgan fingerprint density at radius 1 is 1.08 bits per heavy atom. The van der Waals surface area contributed by atoms with Crippen LogP contribution in [0.2, 0.25) is 0 Å². The monoisotopic (exact) mass is 183 g/mol. The molecule has 0 saturated carbocycles. The molecule has 0 radical (unpaired) electrons. The van der Waals surface area contributed by atoms with Crippen LogP contribution in [0.5, 0.6) is 0 Å². The molecule has 1 N–H and O–H groups in total. The van der Waals surface area contributed by atoms with Crippen LogP contribution in [0.15, 0.2) is 0 Å². The Balaban J connectivity index is 2.48. The molecule has 1 rings (SSSR count). The van der Waals surface area contributed by atoms with E-state index in [4.69, 9.17) is 0 Å². The molecule has 0 amide bonds. The average Bonchev–Trinajstić information content (AvgIpc) is 2.04. The molecule has 1 saturated heterocycles. The third-order valence-electron chi connectivity index (χ3n) is 3.60. The van der Waals surface area contributed by atoms with E-state index in [1.165, 1.54) is 25.7 Å². The molecule has 0 aromatic heterocycles. The van der Waals surface area contributed by atoms with Crippen LogP contribution < -0.4 is 5.32 Å². The summed E-state index contributed by atoms with van der Waals surface area (Å²) in [4.78, 5) is 0. The summed E-state index contributed by atoms with van der Waals surface area (Å²) in [6.45, 7) is 9.33. The average molecular weight is 183 g/mol. The van der Waals surface area contributed by atoms with Gasteiger partial charge < -0.3 is 5.32 Å². The van der Waals surface area contributed by atoms with Crippen molar-refractivity contribution in [3.05, 3.63) is 0 Å². The Morgan fingerprint density at radius 3 is 1.92 bits per heavy atom. The van der Waals surface area contributed by atoms with Gasteiger partial charge in [0.05, 0.1) is 0 Å². The highest BCUT2D eigenvalue weighted by Crippen LogP contribution is 2.31. The highest BCUT2D eigenvalue weighted by atomic mass is 15.0. The van der Waals surface area contributed by atoms with Gasteiger partial charge in [-0.15, -0.1) is 0 Å². The van der Waals surface area contributed by atoms with Gasteiger partial charge in [-0.2, -0.15) is 0 Å². The molecular weight excluding hydrogens is 158 g/mol. The highest BCUT2D eigenvalue weighted by molar-refractivity contribution is 4.83. The van der Waals surface area contributed by atoms with Gasteiger partial charge in [-0.25, -0.2) is 0 Å². The second-order valence-electron chi connectivity index (χ2n) is 4.78. The largest absolute Gasteiger partial charge is 0.312 e. The smallest absolute Gasteiger partial charge is 0.00439 e. The van der Waals surface area contributed by atoms with Gasteiger partial charge in [0.1, 0.15) is 0 Å². The Hall–Kier alpha value is -0.0400. The minimum absolute atomic E-state index is 0.731. The minimum atomic E-state index is 0.731. The van der Waals surface area contributed by atoms with Crippen LogP contribution in [0.25, 0.3) is 0 Å². The fourth-order valence-corrected chi connectivity index (χ4v) is 2.97. The maximum absolute atomic E-state index is 3.61. The van der Waals surface area contributed by atoms with Gasteiger partial charge in [0.25, 0.3) is 0 Å². The van der Waals surface area contributed by atoms with E-state index in [1.807, 2.05) is 0 Å². The van der Waals surface area contributed by atoms with E-state index in [0.29, 0.717) is 0 Å². The van der Waals surface area contributed by atoms with Gasteiger partial charge in [-0.3, -0.25) is 0 Å². The summed E-state index contributed by atoms with van der Waals surface area (Å²) < 4.78 is 0. The Bertz CT molecular complexity index is 130. The summed E-state index contributed by atoms with van der Waals surface area (Å²) in [5.74, 6) is 1.94. The summed E-state index contributed by atoms with van der Waals surface area (Å²) >= 11 is 0. The molecule has 0 aromatic rings. The van der Waals surface area contributed by atoms with Gasteiger partial charge in [-0.05, 0) is 38.5 Å². The van der Waals surface area contributed by atoms with Gasteiger partial charge in [0.2, 0.25) is 0 Å². The van der Waals surface area contributed by atoms with Crippen LogP contribution in [0.3, 0.4) is 0 Å². The zero-order valence-corrected chi connectivity index (χ0v) is 9.64. The van der Waals surface area contributed by atoms with E-state index in [2.05, 4.69) is 33.0 Å². The second-order valence-corrected chi connectivity index (χ2v) is 4.78. The highest BCUT2D eigenvalue weighted by Gasteiger charge is 2.27. The van der Waals surface area contributed by atoms with E-state index < -0.39 is 0 Å². The van der Waals surface area contributed by atoms with Gasteiger partial charge in [0, 0.05) is 12.1 Å². The normalized spacial score (nSPS) is 35.3. The fraction of sp³-hybridized carbons (Fsp3) is 1.00. The van der Waals surface area contributed by atoms with Gasteiger partial charge in [-0.1, -0.05) is 26.7 Å². The first-order valence-corrected chi connectivity index (χ1v) is 5.93. The van der Waals surface area contributed by atoms with E-state index in [0.717, 1.165) is 23.9 Å². The van der Waals surface area contributed by atoms with Crippen LogP contribution in [0, 0.1) is 11.8 Å². The Kier molecular flexibility index (Phi) is 4.24. The predicted molar refractivity (Wildman–Crippen MR) is 58.9 cm³/mol. The molecule has 0 bridgehead atoms. The molecule has 2 atom stereocenters. The van der Waals surface area contributed by atoms with Crippen LogP contribution >= 0.6 is 0 Å². The number of piperidine rings is 1. The number of hydrogen-bond donors (Lipinski definition) is 1. The van der Waals surface area contributed by atoms with Crippen molar-refractivity contribution in [3.63, 3.8) is 0 Å². The molecule has 2 unspecified atom stereocenters. The Morgan fingerprint density at radius 2 is 1.54 bits per heavy atom. The molecule has 1 fully saturated rings. The molecular formula is C12H25N. The van der Waals surface area contributed by atoms with E-state index in [1.54, 1.807) is 0 Å². The lowest BCUT2D eigenvalue weighted by Gasteiger charge is -2.37. The lowest BCUT2D eigenvalue weighted by Crippen LogP contribution is -2.44. The third kappa shape index (κ3) is 2.98. The molecule has 78 valence electrons. The van der Waals surface area contributed by atoms with Crippen LogP contribution in [0.1, 0.15) is 53.4 Å². The minimum Gasteiger partial charge on any atom is -0.312 e. The van der Waals surface area contributed by atoms with Crippen LogP contribution in [-0.4, -0.2) is 12.1 Å². The standard InChI is InChI=1S/C12H25N/c1-5-11(6-2)12-7-9(3)13-10(4)8-12/h9-13H,5-8H2,1-4H3. The summed E-state index contributed by atoms with van der Waals surface area (Å²) in [5.41, 5.74) is 0. The number of rotatable bonds is 3. The zero-order valence-electron chi connectivity index (χ0n) is 9.64. The SMILES string of the molecule is CCC(CC)C1CC(C)NC(C)C1. The molecule has 1 aliphatic rings. The van der Waals surface area contributed by atoms with Crippen molar-refractivity contribution >= 4 is 0 Å². The topological polar surface area (TPSA) is 12.0 Å². The summed E-state index contributed by atoms with van der Waals surface area (Å²) in [6.07, 6.45) is 5.49. The fourth-order valence-electron chi connectivity index (χ4n) is 2.97. The van der Waals surface area contributed by atoms with Crippen molar-refractivity contribution in [2.75, 3.05) is 0 Å². The van der Waals surface area contributed by atoms with Crippen molar-refractivity contribution in [1.29, 1.82) is 0 Å². The Labute approximate surface area is 83.3 Å². The molecule has 1 aliphatic heterocycles. The maximum Gasteiger partial charge on any atom is 0.00439 e. The van der Waals surface area contributed by atoms with Crippen molar-refractivity contribution in [3.8, 4) is 0 Å². The van der Waals surface area contributed by atoms with E-state index >= 15 is 0 Å². The number of nitrogens with one attached hydrogen (secondary N) is 1. The van der Waals surface area contributed by atoms with Crippen molar-refractivity contribution in [2.24, 2.45) is 11.8 Å². The molecule has 1 nitrogen and oxygen atoms in total. The molecule has 0 aliphatic carbocycles. The number of hydrogen-bond acceptors (Lipinski definition) is 1. The second kappa shape index (κ2) is 4.99. The van der Waals surface area contributed by atoms with Crippen molar-refractivity contribution in [1.82, 2.24) is 5.32 Å². The first-order valence-electron chi connectivity index (χ1n) is 5.93. The third-order valence-corrected chi connectivity index (χ3v) is 3.60. The van der Waals surface area contributed by atoms with E-state index in [9.17, 15) is 0 Å². The van der Waals surface area contributed by atoms with Gasteiger partial charge >= 0.3 is 0 Å². The summed E-state index contributed by atoms with van der Waals surface area (Å²) in [6, 6.07) is 1.46. The zero-order chi connectivity index (χ0) is 9.84. The van der Waals surface area contributed by atoms with E-state index in [-0.39, 0.29) is 0 Å².